The molecule has 1 aliphatic heterocycles. The average Bonchev–Trinajstić information content (AvgIpc) is 3.65. The van der Waals surface area contributed by atoms with Crippen LogP contribution in [-0.2, 0) is 6.54 Å². The molecular formula is C27H24F2N8O5. The molecule has 1 aliphatic carbocycles. The molecule has 0 spiro atoms. The molecule has 4 atom stereocenters. The topological polar surface area (TPSA) is 197 Å². The molecule has 1 saturated carbocycles. The van der Waals surface area contributed by atoms with E-state index in [0.717, 1.165) is 12.1 Å². The number of nitrogen functional groups attached to an aromatic ring is 1. The Morgan fingerprint density at radius 2 is 1.79 bits per heavy atom. The van der Waals surface area contributed by atoms with Crippen molar-refractivity contribution in [3.05, 3.63) is 76.9 Å². The van der Waals surface area contributed by atoms with Crippen molar-refractivity contribution >= 4 is 40.4 Å². The fourth-order valence-corrected chi connectivity index (χ4v) is 5.55. The molecule has 0 radical (unpaired) electrons. The molecule has 216 valence electrons. The van der Waals surface area contributed by atoms with Crippen LogP contribution in [0.2, 0.25) is 0 Å². The van der Waals surface area contributed by atoms with Crippen molar-refractivity contribution in [2.24, 2.45) is 5.92 Å². The fraction of sp³-hybridized carbons (Fsp3) is 0.259. The lowest BCUT2D eigenvalue weighted by Gasteiger charge is -2.18. The van der Waals surface area contributed by atoms with Crippen LogP contribution in [0.15, 0.2) is 43.0 Å². The van der Waals surface area contributed by atoms with Crippen molar-refractivity contribution in [3.8, 4) is 0 Å². The lowest BCUT2D eigenvalue weighted by Crippen LogP contribution is -2.37. The molecule has 13 nitrogen and oxygen atoms in total. The van der Waals surface area contributed by atoms with Crippen LogP contribution in [0.5, 0.6) is 0 Å². The third kappa shape index (κ3) is 4.48. The smallest absolute Gasteiger partial charge is 0.259 e. The van der Waals surface area contributed by atoms with E-state index in [0.29, 0.717) is 22.3 Å². The molecule has 6 rings (SSSR count). The van der Waals surface area contributed by atoms with Crippen LogP contribution in [0, 0.1) is 17.6 Å². The Morgan fingerprint density at radius 3 is 2.55 bits per heavy atom. The van der Waals surface area contributed by atoms with E-state index >= 15 is 0 Å². The van der Waals surface area contributed by atoms with Crippen molar-refractivity contribution in [2.45, 2.75) is 31.2 Å². The summed E-state index contributed by atoms with van der Waals surface area (Å²) in [5.41, 5.74) is 5.88. The van der Waals surface area contributed by atoms with E-state index in [2.05, 4.69) is 30.9 Å². The van der Waals surface area contributed by atoms with E-state index < -0.39 is 58.7 Å². The van der Waals surface area contributed by atoms with Crippen LogP contribution in [0.3, 0.4) is 0 Å². The summed E-state index contributed by atoms with van der Waals surface area (Å²) >= 11 is 0. The van der Waals surface area contributed by atoms with E-state index in [9.17, 15) is 33.4 Å². The van der Waals surface area contributed by atoms with E-state index in [1.165, 1.54) is 24.8 Å². The van der Waals surface area contributed by atoms with Crippen LogP contribution in [0.1, 0.15) is 49.1 Å². The Hall–Kier alpha value is -5.02. The molecule has 1 unspecified atom stereocenters. The van der Waals surface area contributed by atoms with Gasteiger partial charge in [-0.15, -0.1) is 0 Å². The third-order valence-electron chi connectivity index (χ3n) is 7.69. The van der Waals surface area contributed by atoms with Crippen LogP contribution in [-0.4, -0.2) is 66.2 Å². The van der Waals surface area contributed by atoms with Gasteiger partial charge >= 0.3 is 0 Å². The van der Waals surface area contributed by atoms with Crippen LogP contribution >= 0.6 is 0 Å². The minimum Gasteiger partial charge on any atom is -0.390 e. The van der Waals surface area contributed by atoms with Gasteiger partial charge in [0.05, 0.1) is 29.6 Å². The Labute approximate surface area is 235 Å². The predicted octanol–water partition coefficient (Wildman–Crippen LogP) is 0.895. The number of carbonyl (C=O) groups excluding carboxylic acids is 3. The predicted molar refractivity (Wildman–Crippen MR) is 143 cm³/mol. The van der Waals surface area contributed by atoms with Gasteiger partial charge in [-0.1, -0.05) is 6.07 Å². The molecule has 7 N–H and O–H groups in total. The molecule has 0 saturated heterocycles. The maximum absolute atomic E-state index is 14.9. The van der Waals surface area contributed by atoms with Gasteiger partial charge in [-0.2, -0.15) is 0 Å². The molecular weight excluding hydrogens is 554 g/mol. The number of carbonyl (C=O) groups is 3. The number of nitrogens with one attached hydrogen (secondary N) is 3. The highest BCUT2D eigenvalue weighted by Crippen LogP contribution is 2.37. The molecule has 1 fully saturated rings. The molecule has 2 aliphatic rings. The number of aliphatic hydroxyl groups excluding tert-OH is 2. The summed E-state index contributed by atoms with van der Waals surface area (Å²) in [4.78, 5) is 50.5. The highest BCUT2D eigenvalue weighted by atomic mass is 19.1. The van der Waals surface area contributed by atoms with Crippen molar-refractivity contribution in [1.82, 2.24) is 30.2 Å². The minimum absolute atomic E-state index is 0.134. The summed E-state index contributed by atoms with van der Waals surface area (Å²) in [5, 5.41) is 29.0. The zero-order valence-electron chi connectivity index (χ0n) is 21.7. The SMILES string of the molecule is Nc1ncnc2c1ncn2[C@@H]1CC(CNC(=O)c2c(F)ccc(F)c2C(=O)Nc2cccc3c2CNC3=O)[C@@H](O)[C@H]1O. The standard InChI is InChI=1S/C27H24F2N8O5/c28-14-4-5-15(29)19(27(42)36-16-3-1-2-12-13(16)8-32-25(12)40)18(14)26(41)31-7-11-6-17(22(39)21(11)38)37-10-35-20-23(30)33-9-34-24(20)37/h1-5,9-11,17,21-22,38-39H,6-8H2,(H,31,41)(H,32,40)(H,36,42)(H2,30,33,34)/t11?,17-,21-,22+/m1/s1. The molecule has 15 heteroatoms. The van der Waals surface area contributed by atoms with Crippen molar-refractivity contribution in [3.63, 3.8) is 0 Å². The first-order valence-electron chi connectivity index (χ1n) is 12.9. The number of hydrogen-bond donors (Lipinski definition) is 6. The maximum atomic E-state index is 14.9. The molecule has 2 aromatic heterocycles. The number of benzene rings is 2. The molecule has 3 heterocycles. The van der Waals surface area contributed by atoms with Gasteiger partial charge in [0.25, 0.3) is 17.7 Å². The second-order valence-electron chi connectivity index (χ2n) is 10.1. The molecule has 4 aromatic rings. The second-order valence-corrected chi connectivity index (χ2v) is 10.1. The van der Waals surface area contributed by atoms with Crippen molar-refractivity contribution in [1.29, 1.82) is 0 Å². The highest BCUT2D eigenvalue weighted by molar-refractivity contribution is 6.13. The number of aromatic nitrogens is 4. The number of anilines is 2. The number of rotatable bonds is 6. The highest BCUT2D eigenvalue weighted by Gasteiger charge is 2.43. The first kappa shape index (κ1) is 27.2. The summed E-state index contributed by atoms with van der Waals surface area (Å²) in [6.07, 6.45) is 0.278. The molecule has 2 aromatic carbocycles. The van der Waals surface area contributed by atoms with Crippen molar-refractivity contribution in [2.75, 3.05) is 17.6 Å². The number of halogens is 2. The number of hydrogen-bond acceptors (Lipinski definition) is 9. The Balaban J connectivity index is 1.21. The maximum Gasteiger partial charge on any atom is 0.259 e. The summed E-state index contributed by atoms with van der Waals surface area (Å²) < 4.78 is 31.4. The Bertz CT molecular complexity index is 1760. The van der Waals surface area contributed by atoms with Gasteiger partial charge in [0.15, 0.2) is 11.5 Å². The molecule has 42 heavy (non-hydrogen) atoms. The van der Waals surface area contributed by atoms with Gasteiger partial charge in [-0.3, -0.25) is 14.4 Å². The van der Waals surface area contributed by atoms with Gasteiger partial charge in [-0.25, -0.2) is 23.7 Å². The number of amides is 3. The van der Waals surface area contributed by atoms with E-state index in [1.54, 1.807) is 10.6 Å². The number of nitrogens with two attached hydrogens (primary N) is 1. The summed E-state index contributed by atoms with van der Waals surface area (Å²) in [6.45, 7) is -0.0936. The number of aliphatic hydroxyl groups is 2. The summed E-state index contributed by atoms with van der Waals surface area (Å²) in [6, 6.07) is 5.37. The minimum atomic E-state index is -1.29. The van der Waals surface area contributed by atoms with Gasteiger partial charge in [0, 0.05) is 35.8 Å². The van der Waals surface area contributed by atoms with Gasteiger partial charge in [-0.05, 0) is 30.7 Å². The normalized spacial score (nSPS) is 21.3. The number of nitrogens with zero attached hydrogens (tertiary/aromatic N) is 4. The number of imidazole rings is 1. The lowest BCUT2D eigenvalue weighted by atomic mass is 10.0. The van der Waals surface area contributed by atoms with E-state index in [1.807, 2.05) is 0 Å². The first-order chi connectivity index (χ1) is 20.2. The summed E-state index contributed by atoms with van der Waals surface area (Å²) in [7, 11) is 0. The fourth-order valence-electron chi connectivity index (χ4n) is 5.55. The van der Waals surface area contributed by atoms with E-state index in [4.69, 9.17) is 5.73 Å². The third-order valence-corrected chi connectivity index (χ3v) is 7.69. The zero-order valence-corrected chi connectivity index (χ0v) is 21.7. The quantitative estimate of drug-likeness (QED) is 0.192. The second kappa shape index (κ2) is 10.4. The number of fused-ring (bicyclic) bond motifs is 2. The van der Waals surface area contributed by atoms with Crippen LogP contribution < -0.4 is 21.7 Å². The first-order valence-corrected chi connectivity index (χ1v) is 12.9. The van der Waals surface area contributed by atoms with E-state index in [-0.39, 0.29) is 36.9 Å². The monoisotopic (exact) mass is 578 g/mol. The average molecular weight is 579 g/mol. The zero-order chi connectivity index (χ0) is 29.7. The van der Waals surface area contributed by atoms with Gasteiger partial charge in [0.1, 0.15) is 29.6 Å². The Morgan fingerprint density at radius 1 is 1.05 bits per heavy atom. The van der Waals surface area contributed by atoms with Crippen molar-refractivity contribution < 1.29 is 33.4 Å². The van der Waals surface area contributed by atoms with Gasteiger partial charge < -0.3 is 36.5 Å². The van der Waals surface area contributed by atoms with Crippen LogP contribution in [0.25, 0.3) is 11.2 Å². The Kier molecular flexibility index (Phi) is 6.74. The van der Waals surface area contributed by atoms with Gasteiger partial charge in [0.2, 0.25) is 0 Å². The lowest BCUT2D eigenvalue weighted by molar-refractivity contribution is 0.00692. The molecule has 0 bridgehead atoms. The molecule has 3 amide bonds. The summed E-state index contributed by atoms with van der Waals surface area (Å²) in [5.74, 6) is -5.34. The van der Waals surface area contributed by atoms with Crippen LogP contribution in [0.4, 0.5) is 20.3 Å². The largest absolute Gasteiger partial charge is 0.390 e.